The van der Waals surface area contributed by atoms with E-state index in [1.807, 2.05) is 6.07 Å². The zero-order valence-electron chi connectivity index (χ0n) is 13.6. The highest BCUT2D eigenvalue weighted by Gasteiger charge is 2.28. The number of aromatic nitrogens is 1. The van der Waals surface area contributed by atoms with Crippen LogP contribution in [0.5, 0.6) is 0 Å². The third-order valence-corrected chi connectivity index (χ3v) is 5.09. The zero-order chi connectivity index (χ0) is 16.5. The van der Waals surface area contributed by atoms with E-state index in [1.165, 1.54) is 27.7 Å². The molecule has 122 valence electrons. The summed E-state index contributed by atoms with van der Waals surface area (Å²) in [5.74, 6) is -0.591. The summed E-state index contributed by atoms with van der Waals surface area (Å²) in [5.41, 5.74) is 5.08. The smallest absolute Gasteiger partial charge is 0.304 e. The van der Waals surface area contributed by atoms with Gasteiger partial charge in [-0.1, -0.05) is 48.5 Å². The van der Waals surface area contributed by atoms with Crippen molar-refractivity contribution >= 4 is 16.9 Å². The lowest BCUT2D eigenvalue weighted by atomic mass is 9.84. The van der Waals surface area contributed by atoms with Crippen molar-refractivity contribution in [3.05, 3.63) is 71.4 Å². The normalized spacial score (nSPS) is 16.9. The van der Waals surface area contributed by atoms with Crippen molar-refractivity contribution in [3.8, 4) is 0 Å². The zero-order valence-corrected chi connectivity index (χ0v) is 13.6. The molecule has 1 aliphatic carbocycles. The van der Waals surface area contributed by atoms with E-state index in [0.717, 1.165) is 25.8 Å². The Morgan fingerprint density at radius 2 is 1.83 bits per heavy atom. The Morgan fingerprint density at radius 1 is 1.08 bits per heavy atom. The summed E-state index contributed by atoms with van der Waals surface area (Å²) in [6, 6.07) is 18.9. The van der Waals surface area contributed by atoms with Crippen LogP contribution in [0.3, 0.4) is 0 Å². The highest BCUT2D eigenvalue weighted by Crippen LogP contribution is 2.40. The maximum absolute atomic E-state index is 11.4. The monoisotopic (exact) mass is 319 g/mol. The second kappa shape index (κ2) is 6.16. The van der Waals surface area contributed by atoms with Gasteiger partial charge in [-0.25, -0.2) is 0 Å². The minimum absolute atomic E-state index is 0.113. The van der Waals surface area contributed by atoms with Gasteiger partial charge in [0.25, 0.3) is 0 Å². The molecule has 0 bridgehead atoms. The summed E-state index contributed by atoms with van der Waals surface area (Å²) < 4.78 is 2.35. The highest BCUT2D eigenvalue weighted by molar-refractivity contribution is 5.86. The predicted molar refractivity (Wildman–Crippen MR) is 95.4 cm³/mol. The Balaban J connectivity index is 1.89. The maximum atomic E-state index is 11.4. The standard InChI is InChI=1S/C21H21NO2/c23-20(24)13-16-9-6-11-18-17-10-4-5-12-19(17)22(21(16)18)14-15-7-2-1-3-8-15/h1-5,7-8,10,12,16H,6,9,11,13-14H2,(H,23,24)/t16-/m0/s1. The number of carbonyl (C=O) groups is 1. The summed E-state index contributed by atoms with van der Waals surface area (Å²) in [6.07, 6.45) is 3.31. The van der Waals surface area contributed by atoms with Crippen LogP contribution in [0.15, 0.2) is 54.6 Å². The molecule has 1 aliphatic rings. The minimum atomic E-state index is -0.704. The van der Waals surface area contributed by atoms with Crippen molar-refractivity contribution in [1.29, 1.82) is 0 Å². The number of benzene rings is 2. The molecule has 2 aromatic carbocycles. The third-order valence-electron chi connectivity index (χ3n) is 5.09. The van der Waals surface area contributed by atoms with Gasteiger partial charge >= 0.3 is 5.97 Å². The molecule has 24 heavy (non-hydrogen) atoms. The molecule has 3 aromatic rings. The average Bonchev–Trinajstić information content (AvgIpc) is 2.91. The molecular formula is C21H21NO2. The van der Waals surface area contributed by atoms with Gasteiger partial charge in [0.1, 0.15) is 0 Å². The molecule has 4 rings (SSSR count). The molecule has 1 heterocycles. The first-order chi connectivity index (χ1) is 11.7. The molecule has 0 spiro atoms. The third kappa shape index (κ3) is 2.60. The highest BCUT2D eigenvalue weighted by atomic mass is 16.4. The molecule has 0 fully saturated rings. The lowest BCUT2D eigenvalue weighted by Crippen LogP contribution is -2.17. The van der Waals surface area contributed by atoms with Gasteiger partial charge in [0.15, 0.2) is 0 Å². The van der Waals surface area contributed by atoms with Crippen molar-refractivity contribution < 1.29 is 9.90 Å². The summed E-state index contributed by atoms with van der Waals surface area (Å²) in [5, 5.41) is 10.6. The number of aliphatic carboxylic acids is 1. The van der Waals surface area contributed by atoms with Crippen LogP contribution in [-0.2, 0) is 17.8 Å². The Bertz CT molecular complexity index is 879. The summed E-state index contributed by atoms with van der Waals surface area (Å²) in [4.78, 5) is 11.4. The number of para-hydroxylation sites is 1. The number of rotatable bonds is 4. The SMILES string of the molecule is O=C(O)C[C@@H]1CCCc2c1n(Cc1ccccc1)c1ccccc21. The molecule has 3 nitrogen and oxygen atoms in total. The van der Waals surface area contributed by atoms with E-state index >= 15 is 0 Å². The fourth-order valence-corrected chi connectivity index (χ4v) is 4.13. The van der Waals surface area contributed by atoms with Crippen LogP contribution in [0.2, 0.25) is 0 Å². The summed E-state index contributed by atoms with van der Waals surface area (Å²) in [7, 11) is 0. The van der Waals surface area contributed by atoms with Gasteiger partial charge in [-0.05, 0) is 36.5 Å². The molecule has 0 aliphatic heterocycles. The lowest BCUT2D eigenvalue weighted by molar-refractivity contribution is -0.137. The van der Waals surface area contributed by atoms with Gasteiger partial charge in [0, 0.05) is 29.1 Å². The molecule has 0 saturated carbocycles. The number of hydrogen-bond donors (Lipinski definition) is 1. The van der Waals surface area contributed by atoms with Gasteiger partial charge < -0.3 is 9.67 Å². The fraction of sp³-hybridized carbons (Fsp3) is 0.286. The molecular weight excluding hydrogens is 298 g/mol. The Morgan fingerprint density at radius 3 is 2.62 bits per heavy atom. The molecule has 0 amide bonds. The van der Waals surface area contributed by atoms with Crippen LogP contribution in [0.4, 0.5) is 0 Å². The van der Waals surface area contributed by atoms with Crippen LogP contribution in [0, 0.1) is 0 Å². The molecule has 0 unspecified atom stereocenters. The van der Waals surface area contributed by atoms with Crippen molar-refractivity contribution in [2.75, 3.05) is 0 Å². The number of carboxylic acid groups (broad SMARTS) is 1. The van der Waals surface area contributed by atoms with Crippen molar-refractivity contribution in [3.63, 3.8) is 0 Å². The van der Waals surface area contributed by atoms with Gasteiger partial charge in [-0.2, -0.15) is 0 Å². The van der Waals surface area contributed by atoms with E-state index in [9.17, 15) is 9.90 Å². The topological polar surface area (TPSA) is 42.2 Å². The van der Waals surface area contributed by atoms with E-state index in [-0.39, 0.29) is 12.3 Å². The molecule has 3 heteroatoms. The van der Waals surface area contributed by atoms with E-state index in [1.54, 1.807) is 0 Å². The predicted octanol–water partition coefficient (Wildman–Crippen LogP) is 4.58. The molecule has 0 radical (unpaired) electrons. The van der Waals surface area contributed by atoms with Crippen LogP contribution >= 0.6 is 0 Å². The molecule has 1 aromatic heterocycles. The van der Waals surface area contributed by atoms with Crippen molar-refractivity contribution in [2.24, 2.45) is 0 Å². The summed E-state index contributed by atoms with van der Waals surface area (Å²) >= 11 is 0. The van der Waals surface area contributed by atoms with Crippen LogP contribution in [0.1, 0.15) is 42.0 Å². The number of nitrogens with zero attached hydrogens (tertiary/aromatic N) is 1. The van der Waals surface area contributed by atoms with E-state index in [0.29, 0.717) is 0 Å². The fourth-order valence-electron chi connectivity index (χ4n) is 4.13. The van der Waals surface area contributed by atoms with Crippen LogP contribution in [0.25, 0.3) is 10.9 Å². The second-order valence-corrected chi connectivity index (χ2v) is 6.64. The van der Waals surface area contributed by atoms with Gasteiger partial charge in [0.05, 0.1) is 6.42 Å². The number of carboxylic acids is 1. The van der Waals surface area contributed by atoms with E-state index in [4.69, 9.17) is 0 Å². The largest absolute Gasteiger partial charge is 0.481 e. The Kier molecular flexibility index (Phi) is 3.85. The van der Waals surface area contributed by atoms with Gasteiger partial charge in [0.2, 0.25) is 0 Å². The lowest BCUT2D eigenvalue weighted by Gasteiger charge is -2.24. The quantitative estimate of drug-likeness (QED) is 0.764. The second-order valence-electron chi connectivity index (χ2n) is 6.64. The van der Waals surface area contributed by atoms with Gasteiger partial charge in [-0.3, -0.25) is 4.79 Å². The first-order valence-corrected chi connectivity index (χ1v) is 8.60. The Labute approximate surface area is 141 Å². The maximum Gasteiger partial charge on any atom is 0.304 e. The van der Waals surface area contributed by atoms with E-state index < -0.39 is 5.97 Å². The Hall–Kier alpha value is -2.55. The first kappa shape index (κ1) is 15.0. The molecule has 0 saturated heterocycles. The van der Waals surface area contributed by atoms with Gasteiger partial charge in [-0.15, -0.1) is 0 Å². The average molecular weight is 319 g/mol. The minimum Gasteiger partial charge on any atom is -0.481 e. The molecule has 1 atom stereocenters. The van der Waals surface area contributed by atoms with Crippen molar-refractivity contribution in [1.82, 2.24) is 4.57 Å². The summed E-state index contributed by atoms with van der Waals surface area (Å²) in [6.45, 7) is 0.798. The number of aryl methyl sites for hydroxylation is 1. The first-order valence-electron chi connectivity index (χ1n) is 8.60. The number of fused-ring (bicyclic) bond motifs is 3. The van der Waals surface area contributed by atoms with Crippen LogP contribution in [-0.4, -0.2) is 15.6 Å². The van der Waals surface area contributed by atoms with Crippen LogP contribution < -0.4 is 0 Å². The number of hydrogen-bond acceptors (Lipinski definition) is 1. The van der Waals surface area contributed by atoms with E-state index in [2.05, 4.69) is 53.1 Å². The molecule has 1 N–H and O–H groups in total. The van der Waals surface area contributed by atoms with Crippen molar-refractivity contribution in [2.45, 2.75) is 38.1 Å².